The van der Waals surface area contributed by atoms with E-state index in [-0.39, 0.29) is 29.0 Å². The number of rotatable bonds is 6. The van der Waals surface area contributed by atoms with Crippen molar-refractivity contribution in [2.24, 2.45) is 7.05 Å². The van der Waals surface area contributed by atoms with E-state index in [4.69, 9.17) is 16.3 Å². The van der Waals surface area contributed by atoms with E-state index in [1.165, 1.54) is 37.5 Å². The minimum Gasteiger partial charge on any atom is -0.457 e. The predicted octanol–water partition coefficient (Wildman–Crippen LogP) is 5.66. The summed E-state index contributed by atoms with van der Waals surface area (Å²) >= 11 is 5.88. The molecular weight excluding hydrogens is 490 g/mol. The van der Waals surface area contributed by atoms with Gasteiger partial charge in [0.05, 0.1) is 5.56 Å². The second-order valence-corrected chi connectivity index (χ2v) is 8.87. The Bertz CT molecular complexity index is 1270. The molecule has 0 fully saturated rings. The third-order valence-electron chi connectivity index (χ3n) is 4.49. The molecule has 3 rings (SSSR count). The molecule has 0 bridgehead atoms. The molecule has 0 radical (unpaired) electrons. The molecule has 0 spiro atoms. The number of carbonyl (C=O) groups is 1. The van der Waals surface area contributed by atoms with Crippen LogP contribution in [0.5, 0.6) is 0 Å². The van der Waals surface area contributed by atoms with Crippen LogP contribution in [0.4, 0.5) is 23.4 Å². The molecule has 0 atom stereocenters. The molecule has 12 heteroatoms. The number of carbonyl (C=O) groups excluding carboxylic acids is 1. The van der Waals surface area contributed by atoms with Crippen LogP contribution in [0.25, 0.3) is 17.5 Å². The lowest BCUT2D eigenvalue weighted by Crippen LogP contribution is -2.22. The molecule has 0 saturated carbocycles. The number of hydrogen-bond acceptors (Lipinski definition) is 6. The number of halogens is 5. The van der Waals surface area contributed by atoms with E-state index in [9.17, 15) is 22.4 Å². The molecule has 0 saturated heterocycles. The smallest absolute Gasteiger partial charge is 0.434 e. The maximum atomic E-state index is 14.8. The van der Waals surface area contributed by atoms with E-state index < -0.39 is 29.3 Å². The average molecular weight is 512 g/mol. The molecule has 0 aliphatic rings. The van der Waals surface area contributed by atoms with E-state index in [0.717, 1.165) is 10.8 Å². The fourth-order valence-corrected chi connectivity index (χ4v) is 3.15. The lowest BCUT2D eigenvalue weighted by Gasteiger charge is -2.18. The molecule has 0 unspecified atom stereocenters. The van der Waals surface area contributed by atoms with E-state index in [1.54, 1.807) is 26.8 Å². The van der Waals surface area contributed by atoms with E-state index >= 15 is 0 Å². The van der Waals surface area contributed by atoms with Crippen LogP contribution in [0.1, 0.15) is 37.6 Å². The zero-order valence-corrected chi connectivity index (χ0v) is 20.0. The number of nitrogens with one attached hydrogen (secondary N) is 1. The van der Waals surface area contributed by atoms with Crippen molar-refractivity contribution in [2.45, 2.75) is 39.1 Å². The number of alkyl halides is 3. The molecule has 186 valence electrons. The lowest BCUT2D eigenvalue weighted by atomic mass is 10.1. The number of hydrogen-bond donors (Lipinski definition) is 1. The predicted molar refractivity (Wildman–Crippen MR) is 123 cm³/mol. The van der Waals surface area contributed by atoms with E-state index in [2.05, 4.69) is 20.3 Å². The summed E-state index contributed by atoms with van der Waals surface area (Å²) in [7, 11) is 1.36. The maximum absolute atomic E-state index is 14.8. The van der Waals surface area contributed by atoms with Crippen LogP contribution >= 0.6 is 11.6 Å². The number of nitrogens with zero attached hydrogens (tertiary/aromatic N) is 4. The monoisotopic (exact) mass is 511 g/mol. The Balaban J connectivity index is 1.77. The summed E-state index contributed by atoms with van der Waals surface area (Å²) in [5.41, 5.74) is -0.915. The minimum absolute atomic E-state index is 0.0429. The van der Waals surface area contributed by atoms with Crippen molar-refractivity contribution in [2.75, 3.05) is 5.32 Å². The van der Waals surface area contributed by atoms with Gasteiger partial charge in [-0.05, 0) is 56.1 Å². The summed E-state index contributed by atoms with van der Waals surface area (Å²) in [5.74, 6) is -1.16. The fraction of sp³-hybridized carbons (Fsp3) is 0.304. The van der Waals surface area contributed by atoms with Crippen molar-refractivity contribution >= 4 is 29.5 Å². The zero-order valence-electron chi connectivity index (χ0n) is 19.2. The van der Waals surface area contributed by atoms with Gasteiger partial charge in [-0.2, -0.15) is 13.2 Å². The number of aryl methyl sites for hydroxylation is 1. The molecule has 1 N–H and O–H groups in total. The minimum atomic E-state index is -4.63. The molecule has 35 heavy (non-hydrogen) atoms. The van der Waals surface area contributed by atoms with Crippen LogP contribution in [0, 0.1) is 5.82 Å². The van der Waals surface area contributed by atoms with Gasteiger partial charge in [0.1, 0.15) is 23.1 Å². The number of anilines is 1. The number of imidazole rings is 1. The third kappa shape index (κ3) is 7.01. The van der Waals surface area contributed by atoms with E-state index in [0.29, 0.717) is 11.1 Å². The Morgan fingerprint density at radius 3 is 2.54 bits per heavy atom. The van der Waals surface area contributed by atoms with Crippen molar-refractivity contribution in [1.82, 2.24) is 19.5 Å². The first-order valence-corrected chi connectivity index (χ1v) is 10.7. The molecule has 7 nitrogen and oxygen atoms in total. The summed E-state index contributed by atoms with van der Waals surface area (Å²) in [5, 5.41) is 2.95. The van der Waals surface area contributed by atoms with Gasteiger partial charge in [0.15, 0.2) is 5.69 Å². The van der Waals surface area contributed by atoms with Crippen molar-refractivity contribution in [1.29, 1.82) is 0 Å². The highest BCUT2D eigenvalue weighted by Crippen LogP contribution is 2.31. The maximum Gasteiger partial charge on any atom is 0.434 e. The topological polar surface area (TPSA) is 81.9 Å². The van der Waals surface area contributed by atoms with Gasteiger partial charge in [0.25, 0.3) is 0 Å². The summed E-state index contributed by atoms with van der Waals surface area (Å²) in [4.78, 5) is 23.5. The van der Waals surface area contributed by atoms with Gasteiger partial charge in [-0.25, -0.2) is 24.1 Å². The molecule has 1 aromatic carbocycles. The van der Waals surface area contributed by atoms with Crippen molar-refractivity contribution in [3.63, 3.8) is 0 Å². The van der Waals surface area contributed by atoms with Gasteiger partial charge in [-0.15, -0.1) is 0 Å². The van der Waals surface area contributed by atoms with E-state index in [1.807, 2.05) is 0 Å². The molecular formula is C23H22ClF4N5O2. The number of aromatic nitrogens is 4. The molecule has 0 amide bonds. The summed E-state index contributed by atoms with van der Waals surface area (Å²) < 4.78 is 59.9. The van der Waals surface area contributed by atoms with Crippen LogP contribution in [0.15, 0.2) is 36.7 Å². The van der Waals surface area contributed by atoms with Gasteiger partial charge >= 0.3 is 12.1 Å². The fourth-order valence-electron chi connectivity index (χ4n) is 3.02. The standard InChI is InChI=1S/C23H22ClF4N5O2/c1-22(2,3)35-18(34)8-6-14-11-30-21(24)32-19(14)29-10-13-5-7-15(16(25)9-13)20-31-17(12-33(20)4)23(26,27)28/h5-9,11-12H,10H2,1-4H3,(H,29,30,32)/b8-6+. The lowest BCUT2D eigenvalue weighted by molar-refractivity contribution is -0.148. The highest BCUT2D eigenvalue weighted by Gasteiger charge is 2.34. The second-order valence-electron chi connectivity index (χ2n) is 8.54. The number of ether oxygens (including phenoxy) is 1. The summed E-state index contributed by atoms with van der Waals surface area (Å²) in [6.45, 7) is 5.33. The first-order chi connectivity index (χ1) is 16.2. The Morgan fingerprint density at radius 2 is 1.94 bits per heavy atom. The Labute approximate surface area is 203 Å². The number of benzene rings is 1. The first kappa shape index (κ1) is 26.1. The van der Waals surface area contributed by atoms with Crippen LogP contribution < -0.4 is 5.32 Å². The normalized spacial score (nSPS) is 12.3. The van der Waals surface area contributed by atoms with Gasteiger partial charge in [0, 0.05) is 37.6 Å². The quantitative estimate of drug-likeness (QED) is 0.199. The van der Waals surface area contributed by atoms with Gasteiger partial charge in [0.2, 0.25) is 5.28 Å². The molecule has 2 heterocycles. The average Bonchev–Trinajstić information content (AvgIpc) is 3.12. The second kappa shape index (κ2) is 10.0. The summed E-state index contributed by atoms with van der Waals surface area (Å²) in [6, 6.07) is 4.08. The molecule has 0 aliphatic heterocycles. The highest BCUT2D eigenvalue weighted by molar-refractivity contribution is 6.28. The van der Waals surface area contributed by atoms with Crippen LogP contribution in [0.2, 0.25) is 5.28 Å². The number of esters is 1. The first-order valence-electron chi connectivity index (χ1n) is 10.3. The Kier molecular flexibility index (Phi) is 7.49. The van der Waals surface area contributed by atoms with Crippen LogP contribution in [0.3, 0.4) is 0 Å². The third-order valence-corrected chi connectivity index (χ3v) is 4.68. The van der Waals surface area contributed by atoms with Crippen molar-refractivity contribution in [3.8, 4) is 11.4 Å². The van der Waals surface area contributed by atoms with Crippen molar-refractivity contribution < 1.29 is 27.1 Å². The molecule has 2 aromatic heterocycles. The van der Waals surface area contributed by atoms with Crippen LogP contribution in [-0.2, 0) is 29.3 Å². The highest BCUT2D eigenvalue weighted by atomic mass is 35.5. The SMILES string of the molecule is Cn1cc(C(F)(F)F)nc1-c1ccc(CNc2nc(Cl)ncc2/C=C/C(=O)OC(C)(C)C)cc1F. The van der Waals surface area contributed by atoms with Crippen LogP contribution in [-0.4, -0.2) is 31.1 Å². The molecule has 0 aliphatic carbocycles. The largest absolute Gasteiger partial charge is 0.457 e. The summed E-state index contributed by atoms with van der Waals surface area (Å²) in [6.07, 6.45) is 0.247. The molecule has 3 aromatic rings. The van der Waals surface area contributed by atoms with Gasteiger partial charge in [-0.1, -0.05) is 6.07 Å². The zero-order chi connectivity index (χ0) is 26.0. The Morgan fingerprint density at radius 1 is 1.23 bits per heavy atom. The van der Waals surface area contributed by atoms with Gasteiger partial charge < -0.3 is 14.6 Å². The van der Waals surface area contributed by atoms with Crippen molar-refractivity contribution in [3.05, 3.63) is 64.6 Å². The van der Waals surface area contributed by atoms with Gasteiger partial charge in [-0.3, -0.25) is 0 Å². The Hall–Kier alpha value is -3.47.